The zero-order chi connectivity index (χ0) is 13.5. The number of fused-ring (bicyclic) bond motifs is 1. The molecule has 104 valence electrons. The van der Waals surface area contributed by atoms with Crippen LogP contribution < -0.4 is 5.32 Å². The highest BCUT2D eigenvalue weighted by atomic mass is 79.9. The first kappa shape index (κ1) is 12.6. The van der Waals surface area contributed by atoms with Crippen molar-refractivity contribution in [2.75, 3.05) is 18.4 Å². The Kier molecular flexibility index (Phi) is 3.15. The van der Waals surface area contributed by atoms with Gasteiger partial charge in [0.1, 0.15) is 5.82 Å². The van der Waals surface area contributed by atoms with E-state index >= 15 is 0 Å². The molecule has 4 heteroatoms. The first-order chi connectivity index (χ1) is 9.81. The second-order valence-electron chi connectivity index (χ2n) is 5.85. The van der Waals surface area contributed by atoms with Crippen LogP contribution in [0.3, 0.4) is 0 Å². The number of pyridine rings is 1. The third kappa shape index (κ3) is 2.31. The van der Waals surface area contributed by atoms with Crippen LogP contribution in [0.25, 0.3) is 10.8 Å². The molecule has 20 heavy (non-hydrogen) atoms. The van der Waals surface area contributed by atoms with Gasteiger partial charge < -0.3 is 5.32 Å². The van der Waals surface area contributed by atoms with Crippen LogP contribution in [-0.2, 0) is 0 Å². The SMILES string of the molecule is Brc1cccc2c(NC3CCN(C4CC4)C3)nccc12. The van der Waals surface area contributed by atoms with Crippen LogP contribution >= 0.6 is 15.9 Å². The van der Waals surface area contributed by atoms with Crippen molar-refractivity contribution in [2.24, 2.45) is 0 Å². The predicted octanol–water partition coefficient (Wildman–Crippen LogP) is 3.65. The summed E-state index contributed by atoms with van der Waals surface area (Å²) in [6.07, 6.45) is 5.91. The first-order valence-corrected chi connectivity index (χ1v) is 8.14. The van der Waals surface area contributed by atoms with Gasteiger partial charge in [0.25, 0.3) is 0 Å². The summed E-state index contributed by atoms with van der Waals surface area (Å²) in [6, 6.07) is 9.77. The number of hydrogen-bond donors (Lipinski definition) is 1. The number of nitrogens with one attached hydrogen (secondary N) is 1. The molecule has 4 rings (SSSR count). The number of anilines is 1. The summed E-state index contributed by atoms with van der Waals surface area (Å²) in [4.78, 5) is 7.17. The van der Waals surface area contributed by atoms with Gasteiger partial charge in [-0.2, -0.15) is 0 Å². The van der Waals surface area contributed by atoms with E-state index < -0.39 is 0 Å². The van der Waals surface area contributed by atoms with Gasteiger partial charge in [-0.15, -0.1) is 0 Å². The molecular weight excluding hydrogens is 314 g/mol. The highest BCUT2D eigenvalue weighted by Crippen LogP contribution is 2.32. The molecule has 0 spiro atoms. The van der Waals surface area contributed by atoms with Crippen molar-refractivity contribution in [3.63, 3.8) is 0 Å². The number of likely N-dealkylation sites (tertiary alicyclic amines) is 1. The number of benzene rings is 1. The van der Waals surface area contributed by atoms with Gasteiger partial charge in [0.15, 0.2) is 0 Å². The van der Waals surface area contributed by atoms with Gasteiger partial charge in [-0.3, -0.25) is 4.90 Å². The Bertz CT molecular complexity index is 639. The lowest BCUT2D eigenvalue weighted by Gasteiger charge is -2.17. The zero-order valence-electron chi connectivity index (χ0n) is 11.3. The predicted molar refractivity (Wildman–Crippen MR) is 86.1 cm³/mol. The lowest BCUT2D eigenvalue weighted by atomic mass is 10.1. The van der Waals surface area contributed by atoms with Gasteiger partial charge in [0.05, 0.1) is 0 Å². The van der Waals surface area contributed by atoms with Crippen molar-refractivity contribution < 1.29 is 0 Å². The Hall–Kier alpha value is -1.13. The summed E-state index contributed by atoms with van der Waals surface area (Å²) in [6.45, 7) is 2.40. The number of rotatable bonds is 3. The number of aromatic nitrogens is 1. The van der Waals surface area contributed by atoms with Gasteiger partial charge in [-0.1, -0.05) is 28.1 Å². The van der Waals surface area contributed by atoms with Crippen LogP contribution in [0.5, 0.6) is 0 Å². The molecule has 1 aliphatic carbocycles. The van der Waals surface area contributed by atoms with Gasteiger partial charge in [0.2, 0.25) is 0 Å². The lowest BCUT2D eigenvalue weighted by molar-refractivity contribution is 0.326. The Morgan fingerprint density at radius 1 is 1.15 bits per heavy atom. The third-order valence-electron chi connectivity index (χ3n) is 4.38. The van der Waals surface area contributed by atoms with E-state index in [0.717, 1.165) is 22.9 Å². The Morgan fingerprint density at radius 3 is 2.90 bits per heavy atom. The maximum absolute atomic E-state index is 4.55. The molecule has 2 aromatic rings. The fraction of sp³-hybridized carbons (Fsp3) is 0.438. The minimum absolute atomic E-state index is 0.535. The summed E-state index contributed by atoms with van der Waals surface area (Å²) in [5.74, 6) is 1.02. The quantitative estimate of drug-likeness (QED) is 0.930. The van der Waals surface area contributed by atoms with Crippen molar-refractivity contribution in [3.8, 4) is 0 Å². The summed E-state index contributed by atoms with van der Waals surface area (Å²) >= 11 is 3.62. The summed E-state index contributed by atoms with van der Waals surface area (Å²) in [5.41, 5.74) is 0. The van der Waals surface area contributed by atoms with E-state index in [1.54, 1.807) is 0 Å². The molecule has 1 saturated carbocycles. The number of nitrogens with zero attached hydrogens (tertiary/aromatic N) is 2. The fourth-order valence-electron chi connectivity index (χ4n) is 3.15. The van der Waals surface area contributed by atoms with E-state index in [0.29, 0.717) is 6.04 Å². The second-order valence-corrected chi connectivity index (χ2v) is 6.70. The molecule has 1 aromatic heterocycles. The first-order valence-electron chi connectivity index (χ1n) is 7.35. The van der Waals surface area contributed by atoms with Crippen molar-refractivity contribution in [3.05, 3.63) is 34.9 Å². The monoisotopic (exact) mass is 331 g/mol. The van der Waals surface area contributed by atoms with Crippen LogP contribution in [0.4, 0.5) is 5.82 Å². The average molecular weight is 332 g/mol. The van der Waals surface area contributed by atoms with Crippen molar-refractivity contribution >= 4 is 32.5 Å². The van der Waals surface area contributed by atoms with Gasteiger partial charge in [-0.25, -0.2) is 4.98 Å². The van der Waals surface area contributed by atoms with Crippen LogP contribution in [0.2, 0.25) is 0 Å². The van der Waals surface area contributed by atoms with Gasteiger partial charge in [0, 0.05) is 46.6 Å². The summed E-state index contributed by atoms with van der Waals surface area (Å²) in [7, 11) is 0. The molecule has 2 fully saturated rings. The molecule has 0 amide bonds. The molecule has 1 N–H and O–H groups in total. The van der Waals surface area contributed by atoms with Crippen LogP contribution in [0, 0.1) is 0 Å². The minimum atomic E-state index is 0.535. The molecule has 1 aliphatic heterocycles. The van der Waals surface area contributed by atoms with Gasteiger partial charge in [-0.05, 0) is 31.4 Å². The standard InChI is InChI=1S/C16H18BrN3/c17-15-3-1-2-14-13(15)6-8-18-16(14)19-11-7-9-20(10-11)12-4-5-12/h1-3,6,8,11-12H,4-5,7,9-10H2,(H,18,19). The summed E-state index contributed by atoms with van der Waals surface area (Å²) < 4.78 is 1.13. The van der Waals surface area contributed by atoms with Crippen molar-refractivity contribution in [1.29, 1.82) is 0 Å². The topological polar surface area (TPSA) is 28.2 Å². The molecular formula is C16H18BrN3. The molecule has 1 saturated heterocycles. The van der Waals surface area contributed by atoms with E-state index in [9.17, 15) is 0 Å². The Balaban J connectivity index is 1.58. The average Bonchev–Trinajstić information content (AvgIpc) is 3.21. The molecule has 1 unspecified atom stereocenters. The highest BCUT2D eigenvalue weighted by Gasteiger charge is 2.34. The highest BCUT2D eigenvalue weighted by molar-refractivity contribution is 9.10. The van der Waals surface area contributed by atoms with Gasteiger partial charge >= 0.3 is 0 Å². The van der Waals surface area contributed by atoms with Crippen molar-refractivity contribution in [2.45, 2.75) is 31.3 Å². The van der Waals surface area contributed by atoms with E-state index in [-0.39, 0.29) is 0 Å². The van der Waals surface area contributed by atoms with Crippen LogP contribution in [-0.4, -0.2) is 35.1 Å². The van der Waals surface area contributed by atoms with E-state index in [4.69, 9.17) is 0 Å². The van der Waals surface area contributed by atoms with Crippen LogP contribution in [0.15, 0.2) is 34.9 Å². The smallest absolute Gasteiger partial charge is 0.134 e. The van der Waals surface area contributed by atoms with E-state index in [1.165, 1.54) is 36.6 Å². The maximum atomic E-state index is 4.55. The number of hydrogen-bond acceptors (Lipinski definition) is 3. The van der Waals surface area contributed by atoms with E-state index in [2.05, 4.69) is 55.4 Å². The second kappa shape index (κ2) is 5.01. The molecule has 1 atom stereocenters. The maximum Gasteiger partial charge on any atom is 0.134 e. The molecule has 3 nitrogen and oxygen atoms in total. The van der Waals surface area contributed by atoms with Crippen LogP contribution in [0.1, 0.15) is 19.3 Å². The normalized spacial score (nSPS) is 23.4. The zero-order valence-corrected chi connectivity index (χ0v) is 12.9. The summed E-state index contributed by atoms with van der Waals surface area (Å²) in [5, 5.41) is 6.07. The Labute approximate surface area is 127 Å². The molecule has 2 heterocycles. The minimum Gasteiger partial charge on any atom is -0.365 e. The van der Waals surface area contributed by atoms with Crippen molar-refractivity contribution in [1.82, 2.24) is 9.88 Å². The lowest BCUT2D eigenvalue weighted by Crippen LogP contribution is -2.28. The third-order valence-corrected chi connectivity index (χ3v) is 5.07. The molecule has 0 bridgehead atoms. The van der Waals surface area contributed by atoms with E-state index in [1.807, 2.05) is 6.20 Å². The number of halogens is 1. The fourth-order valence-corrected chi connectivity index (χ4v) is 3.65. The molecule has 1 aromatic carbocycles. The largest absolute Gasteiger partial charge is 0.365 e. The molecule has 0 radical (unpaired) electrons. The Morgan fingerprint density at radius 2 is 2.05 bits per heavy atom. The molecule has 2 aliphatic rings.